The van der Waals surface area contributed by atoms with Gasteiger partial charge in [-0.2, -0.15) is 0 Å². The van der Waals surface area contributed by atoms with E-state index in [1.54, 1.807) is 13.8 Å². The Morgan fingerprint density at radius 1 is 0.583 bits per heavy atom. The van der Waals surface area contributed by atoms with Crippen molar-refractivity contribution in [3.63, 3.8) is 0 Å². The average Bonchev–Trinajstić information content (AvgIpc) is 2.08. The van der Waals surface area contributed by atoms with Crippen LogP contribution < -0.4 is 0 Å². The summed E-state index contributed by atoms with van der Waals surface area (Å²) in [5, 5.41) is 0. The van der Waals surface area contributed by atoms with Crippen LogP contribution in [-0.4, -0.2) is 18.5 Å². The molecule has 0 N–H and O–H groups in total. The van der Waals surface area contributed by atoms with Crippen molar-refractivity contribution in [2.45, 2.75) is 39.3 Å². The van der Waals surface area contributed by atoms with Crippen molar-refractivity contribution in [3.05, 3.63) is 0 Å². The average molecular weight is 180 g/mol. The number of halogens is 3. The Labute approximate surface area is 71.1 Å². The van der Waals surface area contributed by atoms with Gasteiger partial charge in [-0.1, -0.05) is 20.8 Å². The van der Waals surface area contributed by atoms with Crippen LogP contribution in [0, 0.1) is 17.8 Å². The summed E-state index contributed by atoms with van der Waals surface area (Å²) < 4.78 is 39.4. The van der Waals surface area contributed by atoms with Gasteiger partial charge in [-0.15, -0.1) is 0 Å². The number of rotatable bonds is 0. The van der Waals surface area contributed by atoms with Crippen LogP contribution in [0.5, 0.6) is 0 Å². The molecule has 72 valence electrons. The van der Waals surface area contributed by atoms with Gasteiger partial charge in [0.1, 0.15) is 18.5 Å². The smallest absolute Gasteiger partial charge is 0.137 e. The molecule has 0 aliphatic heterocycles. The molecule has 0 amide bonds. The molecule has 4 unspecified atom stereocenters. The molecule has 0 nitrogen and oxygen atoms in total. The maximum atomic E-state index is 13.2. The van der Waals surface area contributed by atoms with Crippen LogP contribution in [0.25, 0.3) is 0 Å². The Morgan fingerprint density at radius 3 is 1.42 bits per heavy atom. The molecule has 0 aromatic carbocycles. The van der Waals surface area contributed by atoms with E-state index in [1.165, 1.54) is 6.92 Å². The monoisotopic (exact) mass is 180 g/mol. The van der Waals surface area contributed by atoms with Gasteiger partial charge in [0.05, 0.1) is 0 Å². The predicted octanol–water partition coefficient (Wildman–Crippen LogP) is 2.92. The molecule has 0 radical (unpaired) electrons. The summed E-state index contributed by atoms with van der Waals surface area (Å²) in [5.74, 6) is -1.68. The molecule has 1 aliphatic rings. The highest BCUT2D eigenvalue weighted by molar-refractivity contribution is 4.93. The van der Waals surface area contributed by atoms with Gasteiger partial charge in [0.2, 0.25) is 0 Å². The zero-order chi connectivity index (χ0) is 9.46. The van der Waals surface area contributed by atoms with E-state index < -0.39 is 30.4 Å². The molecule has 1 aliphatic carbocycles. The van der Waals surface area contributed by atoms with Crippen molar-refractivity contribution in [1.29, 1.82) is 0 Å². The Hall–Kier alpha value is -0.210. The van der Waals surface area contributed by atoms with Crippen molar-refractivity contribution in [1.82, 2.24) is 0 Å². The van der Waals surface area contributed by atoms with E-state index in [1.807, 2.05) is 0 Å². The maximum absolute atomic E-state index is 13.2. The topological polar surface area (TPSA) is 0 Å². The molecule has 1 saturated carbocycles. The summed E-state index contributed by atoms with van der Waals surface area (Å²) in [4.78, 5) is 0. The summed E-state index contributed by atoms with van der Waals surface area (Å²) in [6.45, 7) is 4.65. The molecule has 3 heteroatoms. The zero-order valence-corrected chi connectivity index (χ0v) is 7.60. The van der Waals surface area contributed by atoms with Gasteiger partial charge in [0.15, 0.2) is 0 Å². The summed E-state index contributed by atoms with van der Waals surface area (Å²) in [6, 6.07) is 0. The van der Waals surface area contributed by atoms with E-state index in [0.29, 0.717) is 0 Å². The lowest BCUT2D eigenvalue weighted by atomic mass is 9.73. The summed E-state index contributed by atoms with van der Waals surface area (Å²) >= 11 is 0. The van der Waals surface area contributed by atoms with Crippen molar-refractivity contribution in [2.24, 2.45) is 17.8 Å². The first-order valence-electron chi connectivity index (χ1n) is 4.39. The fourth-order valence-electron chi connectivity index (χ4n) is 1.81. The third-order valence-corrected chi connectivity index (χ3v) is 3.14. The number of hydrogen-bond donors (Lipinski definition) is 0. The van der Waals surface area contributed by atoms with Gasteiger partial charge >= 0.3 is 0 Å². The van der Waals surface area contributed by atoms with Crippen LogP contribution in [0.4, 0.5) is 13.2 Å². The lowest BCUT2D eigenvalue weighted by Gasteiger charge is -2.38. The summed E-state index contributed by atoms with van der Waals surface area (Å²) in [6.07, 6.45) is -4.34. The standard InChI is InChI=1S/C9H15F3/c1-4-5(2)8(11)9(12)6(3)7(4)10/h4-9H,1-3H3/t4-,5+,6?,7?,8?,9?/m1/s1. The first-order valence-corrected chi connectivity index (χ1v) is 4.39. The fourth-order valence-corrected chi connectivity index (χ4v) is 1.81. The highest BCUT2D eigenvalue weighted by atomic mass is 19.2. The van der Waals surface area contributed by atoms with E-state index in [9.17, 15) is 13.2 Å². The number of hydrogen-bond acceptors (Lipinski definition) is 0. The Balaban J connectivity index is 2.76. The van der Waals surface area contributed by atoms with Crippen LogP contribution in [-0.2, 0) is 0 Å². The minimum Gasteiger partial charge on any atom is -0.247 e. The minimum absolute atomic E-state index is 0.373. The minimum atomic E-state index is -1.63. The van der Waals surface area contributed by atoms with Crippen LogP contribution in [0.3, 0.4) is 0 Å². The molecule has 1 rings (SSSR count). The molecule has 0 aromatic rings. The molecule has 0 bridgehead atoms. The summed E-state index contributed by atoms with van der Waals surface area (Å²) in [7, 11) is 0. The van der Waals surface area contributed by atoms with Gasteiger partial charge in [-0.25, -0.2) is 13.2 Å². The molecule has 0 saturated heterocycles. The largest absolute Gasteiger partial charge is 0.247 e. The molecule has 12 heavy (non-hydrogen) atoms. The first kappa shape index (κ1) is 9.87. The normalized spacial score (nSPS) is 55.5. The lowest BCUT2D eigenvalue weighted by molar-refractivity contribution is -0.0482. The van der Waals surface area contributed by atoms with E-state index >= 15 is 0 Å². The summed E-state index contributed by atoms with van der Waals surface area (Å²) in [5.41, 5.74) is 0. The third-order valence-electron chi connectivity index (χ3n) is 3.14. The molecular weight excluding hydrogens is 165 g/mol. The van der Waals surface area contributed by atoms with Crippen LogP contribution in [0.1, 0.15) is 20.8 Å². The first-order chi connectivity index (χ1) is 5.46. The van der Waals surface area contributed by atoms with Gasteiger partial charge < -0.3 is 0 Å². The zero-order valence-electron chi connectivity index (χ0n) is 7.60. The third kappa shape index (κ3) is 1.34. The SMILES string of the molecule is CC1C(F)C(F)[C@@H](C)[C@@H](C)C1F. The van der Waals surface area contributed by atoms with Gasteiger partial charge in [-0.05, 0) is 11.8 Å². The highest BCUT2D eigenvalue weighted by Crippen LogP contribution is 2.39. The van der Waals surface area contributed by atoms with Crippen molar-refractivity contribution >= 4 is 0 Å². The fraction of sp³-hybridized carbons (Fsp3) is 1.00. The Morgan fingerprint density at radius 2 is 0.917 bits per heavy atom. The molecule has 0 aromatic heterocycles. The molecule has 0 heterocycles. The van der Waals surface area contributed by atoms with E-state index in [2.05, 4.69) is 0 Å². The van der Waals surface area contributed by atoms with Crippen LogP contribution in [0.15, 0.2) is 0 Å². The van der Waals surface area contributed by atoms with Gasteiger partial charge in [-0.3, -0.25) is 0 Å². The van der Waals surface area contributed by atoms with Gasteiger partial charge in [0.25, 0.3) is 0 Å². The second kappa shape index (κ2) is 3.27. The van der Waals surface area contributed by atoms with Crippen molar-refractivity contribution in [2.75, 3.05) is 0 Å². The molecule has 0 spiro atoms. The molecular formula is C9H15F3. The number of alkyl halides is 3. The Bertz CT molecular complexity index is 101. The Kier molecular flexibility index (Phi) is 2.69. The second-order valence-electron chi connectivity index (χ2n) is 3.91. The van der Waals surface area contributed by atoms with Crippen molar-refractivity contribution < 1.29 is 13.2 Å². The van der Waals surface area contributed by atoms with E-state index in [0.717, 1.165) is 0 Å². The lowest BCUT2D eigenvalue weighted by Crippen LogP contribution is -2.47. The molecule has 1 fully saturated rings. The second-order valence-corrected chi connectivity index (χ2v) is 3.91. The maximum Gasteiger partial charge on any atom is 0.137 e. The predicted molar refractivity (Wildman–Crippen MR) is 42.2 cm³/mol. The van der Waals surface area contributed by atoms with Gasteiger partial charge in [0, 0.05) is 5.92 Å². The van der Waals surface area contributed by atoms with E-state index in [4.69, 9.17) is 0 Å². The highest BCUT2D eigenvalue weighted by Gasteiger charge is 2.46. The van der Waals surface area contributed by atoms with Crippen LogP contribution >= 0.6 is 0 Å². The quantitative estimate of drug-likeness (QED) is 0.537. The van der Waals surface area contributed by atoms with E-state index in [-0.39, 0.29) is 5.92 Å². The van der Waals surface area contributed by atoms with Crippen LogP contribution in [0.2, 0.25) is 0 Å². The molecule has 6 atom stereocenters. The van der Waals surface area contributed by atoms with Crippen molar-refractivity contribution in [3.8, 4) is 0 Å².